The molecule has 0 spiro atoms. The van der Waals surface area contributed by atoms with Gasteiger partial charge >= 0.3 is 11.9 Å². The normalized spacial score (nSPS) is 13.4. The van der Waals surface area contributed by atoms with Crippen molar-refractivity contribution >= 4 is 17.6 Å². The zero-order chi connectivity index (χ0) is 15.8. The fourth-order valence-corrected chi connectivity index (χ4v) is 1.87. The van der Waals surface area contributed by atoms with Crippen LogP contribution in [0.15, 0.2) is 24.3 Å². The first-order valence-electron chi connectivity index (χ1n) is 6.57. The highest BCUT2D eigenvalue weighted by Crippen LogP contribution is 2.18. The number of aliphatic hydroxyl groups is 1. The van der Waals surface area contributed by atoms with Gasteiger partial charge in [-0.2, -0.15) is 0 Å². The summed E-state index contributed by atoms with van der Waals surface area (Å²) in [5, 5.41) is 33.2. The van der Waals surface area contributed by atoms with Crippen LogP contribution in [0.1, 0.15) is 24.5 Å². The van der Waals surface area contributed by atoms with E-state index in [1.54, 1.807) is 31.3 Å². The Bertz CT molecular complexity index is 492. The number of aliphatic carboxylic acids is 2. The summed E-state index contributed by atoms with van der Waals surface area (Å²) in [5.74, 6) is -2.15. The number of carbonyl (C=O) groups is 2. The second-order valence-corrected chi connectivity index (χ2v) is 4.67. The van der Waals surface area contributed by atoms with E-state index in [4.69, 9.17) is 10.2 Å². The number of carboxylic acids is 2. The molecule has 0 radical (unpaired) electrons. The van der Waals surface area contributed by atoms with E-state index in [0.717, 1.165) is 0 Å². The topological polar surface area (TPSA) is 119 Å². The molecule has 2 atom stereocenters. The van der Waals surface area contributed by atoms with Gasteiger partial charge < -0.3 is 26.0 Å². The van der Waals surface area contributed by atoms with Gasteiger partial charge in [-0.3, -0.25) is 4.79 Å². The molecular formula is C14H20N2O5. The predicted octanol–water partition coefficient (Wildman–Crippen LogP) is 0.669. The van der Waals surface area contributed by atoms with Crippen LogP contribution in [-0.2, 0) is 9.59 Å². The molecule has 0 bridgehead atoms. The third-order valence-electron chi connectivity index (χ3n) is 2.95. The van der Waals surface area contributed by atoms with E-state index in [2.05, 4.69) is 10.6 Å². The highest BCUT2D eigenvalue weighted by atomic mass is 16.4. The Morgan fingerprint density at radius 3 is 2.57 bits per heavy atom. The van der Waals surface area contributed by atoms with Crippen LogP contribution in [0.5, 0.6) is 0 Å². The number of rotatable bonds is 9. The van der Waals surface area contributed by atoms with Crippen LogP contribution in [0.4, 0.5) is 5.69 Å². The largest absolute Gasteiger partial charge is 0.481 e. The van der Waals surface area contributed by atoms with Crippen LogP contribution in [0.2, 0.25) is 0 Å². The van der Waals surface area contributed by atoms with Gasteiger partial charge in [-0.1, -0.05) is 12.1 Å². The van der Waals surface area contributed by atoms with E-state index < -0.39 is 24.1 Å². The number of hydrogen-bond donors (Lipinski definition) is 5. The Morgan fingerprint density at radius 2 is 2.00 bits per heavy atom. The first kappa shape index (κ1) is 16.9. The SMILES string of the molecule is CNC[C@H](O)c1cccc(N[C@@H](CCC(=O)O)C(=O)O)c1. The number of hydrogen-bond acceptors (Lipinski definition) is 5. The maximum absolute atomic E-state index is 11.1. The van der Waals surface area contributed by atoms with E-state index in [9.17, 15) is 14.7 Å². The molecule has 0 saturated heterocycles. The fourth-order valence-electron chi connectivity index (χ4n) is 1.87. The number of aliphatic hydroxyl groups excluding tert-OH is 1. The molecule has 0 aromatic heterocycles. The summed E-state index contributed by atoms with van der Waals surface area (Å²) in [6.45, 7) is 0.380. The van der Waals surface area contributed by atoms with Gasteiger partial charge in [0.25, 0.3) is 0 Å². The van der Waals surface area contributed by atoms with Crippen molar-refractivity contribution in [3.05, 3.63) is 29.8 Å². The van der Waals surface area contributed by atoms with Gasteiger partial charge in [0, 0.05) is 18.7 Å². The third kappa shape index (κ3) is 5.80. The van der Waals surface area contributed by atoms with Crippen molar-refractivity contribution in [3.63, 3.8) is 0 Å². The lowest BCUT2D eigenvalue weighted by atomic mass is 10.1. The molecule has 0 aliphatic heterocycles. The lowest BCUT2D eigenvalue weighted by Crippen LogP contribution is -2.30. The van der Waals surface area contributed by atoms with Crippen molar-refractivity contribution < 1.29 is 24.9 Å². The molecule has 0 amide bonds. The lowest BCUT2D eigenvalue weighted by molar-refractivity contribution is -0.139. The highest BCUT2D eigenvalue weighted by Gasteiger charge is 2.18. The first-order chi connectivity index (χ1) is 9.93. The Hall–Kier alpha value is -2.12. The molecule has 5 N–H and O–H groups in total. The molecule has 1 aromatic carbocycles. The van der Waals surface area contributed by atoms with E-state index in [1.165, 1.54) is 0 Å². The Balaban J connectivity index is 2.77. The highest BCUT2D eigenvalue weighted by molar-refractivity contribution is 5.78. The third-order valence-corrected chi connectivity index (χ3v) is 2.95. The molecule has 7 nitrogen and oxygen atoms in total. The Labute approximate surface area is 122 Å². The molecule has 0 heterocycles. The second-order valence-electron chi connectivity index (χ2n) is 4.67. The van der Waals surface area contributed by atoms with Gasteiger partial charge in [-0.25, -0.2) is 4.79 Å². The van der Waals surface area contributed by atoms with Crippen molar-refractivity contribution in [1.29, 1.82) is 0 Å². The molecule has 0 aliphatic carbocycles. The maximum Gasteiger partial charge on any atom is 0.326 e. The second kappa shape index (κ2) is 8.23. The summed E-state index contributed by atoms with van der Waals surface area (Å²) >= 11 is 0. The summed E-state index contributed by atoms with van der Waals surface area (Å²) in [5.41, 5.74) is 1.18. The quantitative estimate of drug-likeness (QED) is 0.454. The zero-order valence-corrected chi connectivity index (χ0v) is 11.7. The zero-order valence-electron chi connectivity index (χ0n) is 11.7. The molecule has 1 aromatic rings. The Kier molecular flexibility index (Phi) is 6.64. The summed E-state index contributed by atoms with van der Waals surface area (Å²) in [6, 6.07) is 5.77. The smallest absolute Gasteiger partial charge is 0.326 e. The molecule has 0 aliphatic rings. The van der Waals surface area contributed by atoms with Crippen molar-refractivity contribution in [2.75, 3.05) is 18.9 Å². The Morgan fingerprint density at radius 1 is 1.29 bits per heavy atom. The molecule has 0 fully saturated rings. The van der Waals surface area contributed by atoms with Crippen LogP contribution in [0.25, 0.3) is 0 Å². The molecular weight excluding hydrogens is 276 g/mol. The minimum absolute atomic E-state index is 0.0199. The minimum Gasteiger partial charge on any atom is -0.481 e. The van der Waals surface area contributed by atoms with E-state index in [-0.39, 0.29) is 12.8 Å². The molecule has 0 saturated carbocycles. The van der Waals surface area contributed by atoms with Crippen LogP contribution >= 0.6 is 0 Å². The van der Waals surface area contributed by atoms with Crippen LogP contribution in [0.3, 0.4) is 0 Å². The maximum atomic E-state index is 11.1. The number of anilines is 1. The van der Waals surface area contributed by atoms with Crippen molar-refractivity contribution in [1.82, 2.24) is 5.32 Å². The molecule has 21 heavy (non-hydrogen) atoms. The van der Waals surface area contributed by atoms with Gasteiger partial charge in [-0.15, -0.1) is 0 Å². The monoisotopic (exact) mass is 296 g/mol. The fraction of sp³-hybridized carbons (Fsp3) is 0.429. The van der Waals surface area contributed by atoms with E-state index >= 15 is 0 Å². The number of likely N-dealkylation sites (N-methyl/N-ethyl adjacent to an activating group) is 1. The minimum atomic E-state index is -1.11. The molecule has 0 unspecified atom stereocenters. The molecule has 116 valence electrons. The average molecular weight is 296 g/mol. The first-order valence-corrected chi connectivity index (χ1v) is 6.57. The van der Waals surface area contributed by atoms with Crippen LogP contribution < -0.4 is 10.6 Å². The molecule has 1 rings (SSSR count). The number of nitrogens with one attached hydrogen (secondary N) is 2. The number of benzene rings is 1. The molecule has 7 heteroatoms. The van der Waals surface area contributed by atoms with Gasteiger partial charge in [0.05, 0.1) is 6.10 Å². The van der Waals surface area contributed by atoms with Crippen molar-refractivity contribution in [2.24, 2.45) is 0 Å². The average Bonchev–Trinajstić information content (AvgIpc) is 2.43. The van der Waals surface area contributed by atoms with Gasteiger partial charge in [0.1, 0.15) is 6.04 Å². The van der Waals surface area contributed by atoms with Gasteiger partial charge in [0.2, 0.25) is 0 Å². The van der Waals surface area contributed by atoms with Crippen LogP contribution in [0, 0.1) is 0 Å². The summed E-state index contributed by atoms with van der Waals surface area (Å²) in [4.78, 5) is 21.7. The van der Waals surface area contributed by atoms with E-state index in [0.29, 0.717) is 17.8 Å². The summed E-state index contributed by atoms with van der Waals surface area (Å²) in [7, 11) is 1.72. The van der Waals surface area contributed by atoms with Gasteiger partial charge in [0.15, 0.2) is 0 Å². The predicted molar refractivity (Wildman–Crippen MR) is 77.2 cm³/mol. The summed E-state index contributed by atoms with van der Waals surface area (Å²) < 4.78 is 0. The van der Waals surface area contributed by atoms with Crippen molar-refractivity contribution in [3.8, 4) is 0 Å². The van der Waals surface area contributed by atoms with Crippen molar-refractivity contribution in [2.45, 2.75) is 25.0 Å². The summed E-state index contributed by atoms with van der Waals surface area (Å²) in [6.07, 6.45) is -0.945. The van der Waals surface area contributed by atoms with E-state index in [1.807, 2.05) is 0 Å². The number of carboxylic acid groups (broad SMARTS) is 2. The van der Waals surface area contributed by atoms with Crippen LogP contribution in [-0.4, -0.2) is 46.9 Å². The van der Waals surface area contributed by atoms with Gasteiger partial charge in [-0.05, 0) is 31.2 Å². The standard InChI is InChI=1S/C14H20N2O5/c1-15-8-12(17)9-3-2-4-10(7-9)16-11(14(20)21)5-6-13(18)19/h2-4,7,11-12,15-17H,5-6,8H2,1H3,(H,18,19)(H,20,21)/t11-,12-/m0/s1. The lowest BCUT2D eigenvalue weighted by Gasteiger charge is -2.17.